The number of para-hydroxylation sites is 1. The van der Waals surface area contributed by atoms with Crippen LogP contribution in [0.3, 0.4) is 0 Å². The van der Waals surface area contributed by atoms with Gasteiger partial charge in [-0.3, -0.25) is 4.58 Å². The lowest BCUT2D eigenvalue weighted by Gasteiger charge is -2.23. The summed E-state index contributed by atoms with van der Waals surface area (Å²) in [6.45, 7) is 6.43. The van der Waals surface area contributed by atoms with E-state index in [2.05, 4.69) is 4.58 Å². The molecule has 0 saturated heterocycles. The third-order valence-corrected chi connectivity index (χ3v) is 6.63. The molecule has 0 amide bonds. The largest absolute Gasteiger partial charge is 0.496 e. The molecule has 1 aliphatic carbocycles. The molecule has 176 valence electrons. The average Bonchev–Trinajstić information content (AvgIpc) is 3.33. The minimum absolute atomic E-state index is 0.254. The highest BCUT2D eigenvalue weighted by molar-refractivity contribution is 6.08. The van der Waals surface area contributed by atoms with Crippen LogP contribution >= 0.6 is 0 Å². The topological polar surface area (TPSA) is 69.8 Å². The molecule has 1 aromatic heterocycles. The molecule has 1 saturated carbocycles. The smallest absolute Gasteiger partial charge is 0.379 e. The van der Waals surface area contributed by atoms with Gasteiger partial charge >= 0.3 is 11.9 Å². The number of methoxy groups -OCH3 is 1. The number of carbonyl (C=O) groups excluding carboxylic acids is 2. The molecular formula is C26H33N2O5+. The molecule has 2 aliphatic rings. The van der Waals surface area contributed by atoms with E-state index < -0.39 is 11.9 Å². The van der Waals surface area contributed by atoms with Gasteiger partial charge in [0, 0.05) is 5.56 Å². The second kappa shape index (κ2) is 9.81. The Hall–Kier alpha value is -3.09. The number of hydrogen-bond acceptors (Lipinski definition) is 5. The van der Waals surface area contributed by atoms with E-state index in [9.17, 15) is 9.59 Å². The number of esters is 2. The monoisotopic (exact) mass is 453 g/mol. The van der Waals surface area contributed by atoms with Crippen molar-refractivity contribution in [2.24, 2.45) is 0 Å². The predicted molar refractivity (Wildman–Crippen MR) is 124 cm³/mol. The Morgan fingerprint density at radius 2 is 1.70 bits per heavy atom. The molecule has 1 aromatic carbocycles. The molecule has 4 rings (SSSR count). The molecule has 0 bridgehead atoms. The Bertz CT molecular complexity index is 1090. The lowest BCUT2D eigenvalue weighted by molar-refractivity contribution is -0.580. The summed E-state index contributed by atoms with van der Waals surface area (Å²) in [6.07, 6.45) is 5.73. The quantitative estimate of drug-likeness (QED) is 0.462. The summed E-state index contributed by atoms with van der Waals surface area (Å²) < 4.78 is 20.8. The molecule has 1 fully saturated rings. The first-order valence-corrected chi connectivity index (χ1v) is 11.9. The molecule has 0 spiro atoms. The molecular weight excluding hydrogens is 420 g/mol. The van der Waals surface area contributed by atoms with Crippen molar-refractivity contribution < 1.29 is 28.4 Å². The minimum Gasteiger partial charge on any atom is -0.496 e. The zero-order valence-corrected chi connectivity index (χ0v) is 20.0. The molecule has 0 atom stereocenters. The number of ether oxygens (including phenoxy) is 3. The Balaban J connectivity index is 2.00. The van der Waals surface area contributed by atoms with Gasteiger partial charge in [-0.05, 0) is 58.6 Å². The lowest BCUT2D eigenvalue weighted by atomic mass is 9.94. The lowest BCUT2D eigenvalue weighted by Crippen LogP contribution is -2.33. The average molecular weight is 454 g/mol. The Kier molecular flexibility index (Phi) is 6.86. The summed E-state index contributed by atoms with van der Waals surface area (Å²) in [6, 6.07) is 8.15. The fourth-order valence-electron chi connectivity index (χ4n) is 5.21. The SMILES string of the molecule is CCOC(=O)c1c(C)c(C(=O)OCC)n2c1C[N+](C1CCCCC1)=C2c1ccccc1OC. The Labute approximate surface area is 195 Å². The number of fused-ring (bicyclic) bond motifs is 1. The molecule has 0 radical (unpaired) electrons. The van der Waals surface area contributed by atoms with Crippen molar-refractivity contribution in [2.75, 3.05) is 20.3 Å². The van der Waals surface area contributed by atoms with E-state index in [1.54, 1.807) is 27.9 Å². The van der Waals surface area contributed by atoms with Gasteiger partial charge in [0.1, 0.15) is 23.4 Å². The third-order valence-electron chi connectivity index (χ3n) is 6.63. The van der Waals surface area contributed by atoms with Crippen molar-refractivity contribution in [1.29, 1.82) is 0 Å². The van der Waals surface area contributed by atoms with Crippen LogP contribution in [0, 0.1) is 6.92 Å². The van der Waals surface area contributed by atoms with E-state index in [4.69, 9.17) is 14.2 Å². The fourth-order valence-corrected chi connectivity index (χ4v) is 5.21. The number of benzene rings is 1. The second-order valence-electron chi connectivity index (χ2n) is 8.52. The molecule has 7 heteroatoms. The first-order valence-electron chi connectivity index (χ1n) is 11.9. The van der Waals surface area contributed by atoms with E-state index in [0.717, 1.165) is 35.7 Å². The molecule has 2 aromatic rings. The summed E-state index contributed by atoms with van der Waals surface area (Å²) in [5.41, 5.74) is 3.11. The van der Waals surface area contributed by atoms with Crippen LogP contribution in [0.2, 0.25) is 0 Å². The summed E-state index contributed by atoms with van der Waals surface area (Å²) >= 11 is 0. The van der Waals surface area contributed by atoms with E-state index in [1.165, 1.54) is 19.3 Å². The van der Waals surface area contributed by atoms with Crippen molar-refractivity contribution in [1.82, 2.24) is 4.57 Å². The molecule has 0 N–H and O–H groups in total. The first-order chi connectivity index (χ1) is 16.0. The maximum atomic E-state index is 13.2. The highest BCUT2D eigenvalue weighted by Crippen LogP contribution is 2.35. The number of carbonyl (C=O) groups is 2. The van der Waals surface area contributed by atoms with Crippen molar-refractivity contribution in [3.8, 4) is 5.75 Å². The van der Waals surface area contributed by atoms with E-state index in [0.29, 0.717) is 29.4 Å². The summed E-state index contributed by atoms with van der Waals surface area (Å²) in [7, 11) is 1.65. The van der Waals surface area contributed by atoms with E-state index >= 15 is 0 Å². The predicted octanol–water partition coefficient (Wildman–Crippen LogP) is 4.31. The number of nitrogens with zero attached hydrogens (tertiary/aromatic N) is 2. The summed E-state index contributed by atoms with van der Waals surface area (Å²) in [4.78, 5) is 26.2. The van der Waals surface area contributed by atoms with Gasteiger partial charge in [-0.2, -0.15) is 4.57 Å². The number of rotatable bonds is 7. The van der Waals surface area contributed by atoms with Crippen LogP contribution in [0.15, 0.2) is 24.3 Å². The fraction of sp³-hybridized carbons (Fsp3) is 0.500. The number of aromatic nitrogens is 1. The van der Waals surface area contributed by atoms with E-state index in [1.807, 2.05) is 28.8 Å². The van der Waals surface area contributed by atoms with Gasteiger partial charge in [-0.15, -0.1) is 0 Å². The zero-order valence-electron chi connectivity index (χ0n) is 20.0. The van der Waals surface area contributed by atoms with Gasteiger partial charge in [-0.1, -0.05) is 18.6 Å². The van der Waals surface area contributed by atoms with Gasteiger partial charge in [-0.25, -0.2) is 9.59 Å². The minimum atomic E-state index is -0.440. The van der Waals surface area contributed by atoms with Crippen LogP contribution in [0.25, 0.3) is 0 Å². The van der Waals surface area contributed by atoms with Gasteiger partial charge < -0.3 is 14.2 Å². The molecule has 0 unspecified atom stereocenters. The van der Waals surface area contributed by atoms with Crippen LogP contribution in [-0.2, 0) is 16.0 Å². The van der Waals surface area contributed by atoms with Crippen molar-refractivity contribution in [2.45, 2.75) is 65.5 Å². The van der Waals surface area contributed by atoms with Gasteiger partial charge in [0.05, 0.1) is 26.4 Å². The first kappa shape index (κ1) is 23.1. The Morgan fingerprint density at radius 1 is 1.03 bits per heavy atom. The van der Waals surface area contributed by atoms with Crippen LogP contribution in [0.4, 0.5) is 0 Å². The van der Waals surface area contributed by atoms with Crippen molar-refractivity contribution in [3.63, 3.8) is 0 Å². The standard InChI is InChI=1S/C26H33N2O5/c1-5-32-25(29)22-17(3)23(26(30)33-6-2)28-20(22)16-27(18-12-8-7-9-13-18)24(28)19-14-10-11-15-21(19)31-4/h10-11,14-15,18H,5-9,12-13,16H2,1-4H3/q+1. The normalized spacial score (nSPS) is 16.0. The highest BCUT2D eigenvalue weighted by Gasteiger charge is 2.45. The van der Waals surface area contributed by atoms with Gasteiger partial charge in [0.25, 0.3) is 5.84 Å². The zero-order chi connectivity index (χ0) is 23.5. The van der Waals surface area contributed by atoms with Crippen LogP contribution in [-0.4, -0.2) is 53.3 Å². The summed E-state index contributed by atoms with van der Waals surface area (Å²) in [5, 5.41) is 0. The van der Waals surface area contributed by atoms with Crippen molar-refractivity contribution in [3.05, 3.63) is 52.3 Å². The molecule has 2 heterocycles. The van der Waals surface area contributed by atoms with Gasteiger partial charge in [0.15, 0.2) is 5.69 Å². The van der Waals surface area contributed by atoms with E-state index in [-0.39, 0.29) is 13.2 Å². The van der Waals surface area contributed by atoms with Crippen LogP contribution < -0.4 is 4.74 Å². The third kappa shape index (κ3) is 4.05. The van der Waals surface area contributed by atoms with Crippen molar-refractivity contribution >= 4 is 17.8 Å². The molecule has 1 aliphatic heterocycles. The summed E-state index contributed by atoms with van der Waals surface area (Å²) in [5.74, 6) is 0.750. The molecule has 33 heavy (non-hydrogen) atoms. The molecule has 7 nitrogen and oxygen atoms in total. The highest BCUT2D eigenvalue weighted by atomic mass is 16.5. The number of hydrogen-bond donors (Lipinski definition) is 0. The van der Waals surface area contributed by atoms with Crippen LogP contribution in [0.1, 0.15) is 83.6 Å². The maximum Gasteiger partial charge on any atom is 0.379 e. The van der Waals surface area contributed by atoms with Crippen LogP contribution in [0.5, 0.6) is 5.75 Å². The second-order valence-corrected chi connectivity index (χ2v) is 8.52. The van der Waals surface area contributed by atoms with Gasteiger partial charge in [0.2, 0.25) is 5.69 Å². The Morgan fingerprint density at radius 3 is 2.36 bits per heavy atom. The maximum absolute atomic E-state index is 13.2.